The van der Waals surface area contributed by atoms with Crippen molar-refractivity contribution in [2.45, 2.75) is 11.8 Å². The monoisotopic (exact) mass is 535 g/mol. The Hall–Kier alpha value is -3.67. The Morgan fingerprint density at radius 1 is 1.00 bits per heavy atom. The summed E-state index contributed by atoms with van der Waals surface area (Å²) < 4.78 is 5.44. The number of fused-ring (bicyclic) bond motifs is 1. The van der Waals surface area contributed by atoms with E-state index in [1.54, 1.807) is 36.3 Å². The van der Waals surface area contributed by atoms with Crippen molar-refractivity contribution in [2.75, 3.05) is 18.7 Å². The minimum Gasteiger partial charge on any atom is -0.494 e. The van der Waals surface area contributed by atoms with E-state index < -0.39 is 0 Å². The average Bonchev–Trinajstić information content (AvgIpc) is 3.30. The minimum absolute atomic E-state index is 0.281. The largest absolute Gasteiger partial charge is 0.494 e. The molecule has 0 spiro atoms. The lowest BCUT2D eigenvalue weighted by Gasteiger charge is -2.13. The molecule has 5 aromatic rings. The van der Waals surface area contributed by atoms with Crippen molar-refractivity contribution in [2.24, 2.45) is 0 Å². The Balaban J connectivity index is 1.46. The fourth-order valence-corrected chi connectivity index (χ4v) is 4.78. The Labute approximate surface area is 219 Å². The van der Waals surface area contributed by atoms with E-state index in [-0.39, 0.29) is 11.1 Å². The zero-order chi connectivity index (χ0) is 25.2. The van der Waals surface area contributed by atoms with Crippen LogP contribution in [0.1, 0.15) is 16.1 Å². The topological polar surface area (TPSA) is 116 Å². The van der Waals surface area contributed by atoms with Gasteiger partial charge in [-0.25, -0.2) is 15.0 Å². The van der Waals surface area contributed by atoms with Gasteiger partial charge in [-0.15, -0.1) is 11.8 Å². The van der Waals surface area contributed by atoms with Crippen molar-refractivity contribution in [3.05, 3.63) is 65.5 Å². The van der Waals surface area contributed by atoms with Crippen LogP contribution in [-0.2, 0) is 0 Å². The number of pyridine rings is 3. The summed E-state index contributed by atoms with van der Waals surface area (Å²) in [7, 11) is 1.53. The SMILES string of the molecule is COc1cnc(Cl)cc1-c1cc(C)ncc1C(=O)Nc1nc2ncc(-c3ccc(SC)cn3)nc2s1. The molecule has 5 aromatic heterocycles. The molecule has 180 valence electrons. The Morgan fingerprint density at radius 3 is 2.61 bits per heavy atom. The third-order valence-electron chi connectivity index (χ3n) is 5.21. The van der Waals surface area contributed by atoms with E-state index >= 15 is 0 Å². The molecule has 0 aliphatic rings. The lowest BCUT2D eigenvalue weighted by molar-refractivity contribution is 0.102. The number of anilines is 1. The second-order valence-corrected chi connectivity index (χ2v) is 9.76. The first-order chi connectivity index (χ1) is 17.4. The van der Waals surface area contributed by atoms with Gasteiger partial charge in [0.1, 0.15) is 16.6 Å². The number of carbonyl (C=O) groups is 1. The number of aromatic nitrogens is 6. The van der Waals surface area contributed by atoms with Crippen LogP contribution in [-0.4, -0.2) is 49.2 Å². The second-order valence-electron chi connectivity index (χ2n) is 7.52. The number of amides is 1. The molecule has 0 aliphatic heterocycles. The molecule has 5 rings (SSSR count). The van der Waals surface area contributed by atoms with Crippen molar-refractivity contribution in [1.82, 2.24) is 29.9 Å². The first kappa shape index (κ1) is 24.0. The Kier molecular flexibility index (Phi) is 6.77. The predicted octanol–water partition coefficient (Wildman–Crippen LogP) is 5.55. The zero-order valence-corrected chi connectivity index (χ0v) is 21.7. The van der Waals surface area contributed by atoms with E-state index in [0.29, 0.717) is 49.4 Å². The molecular weight excluding hydrogens is 518 g/mol. The van der Waals surface area contributed by atoms with Crippen LogP contribution in [0.4, 0.5) is 5.13 Å². The van der Waals surface area contributed by atoms with E-state index in [0.717, 1.165) is 10.6 Å². The number of nitrogens with one attached hydrogen (secondary N) is 1. The Morgan fingerprint density at radius 2 is 1.86 bits per heavy atom. The van der Waals surface area contributed by atoms with Crippen molar-refractivity contribution in [3.8, 4) is 28.3 Å². The number of ether oxygens (including phenoxy) is 1. The van der Waals surface area contributed by atoms with Crippen molar-refractivity contribution in [1.29, 1.82) is 0 Å². The maximum Gasteiger partial charge on any atom is 0.259 e. The number of nitrogens with zero attached hydrogens (tertiary/aromatic N) is 6. The normalized spacial score (nSPS) is 11.0. The molecule has 12 heteroatoms. The molecule has 0 bridgehead atoms. The fourth-order valence-electron chi connectivity index (χ4n) is 3.47. The Bertz CT molecular complexity index is 1590. The van der Waals surface area contributed by atoms with Gasteiger partial charge >= 0.3 is 0 Å². The third kappa shape index (κ3) is 4.85. The summed E-state index contributed by atoms with van der Waals surface area (Å²) in [6.07, 6.45) is 8.44. The van der Waals surface area contributed by atoms with Crippen LogP contribution in [0.3, 0.4) is 0 Å². The van der Waals surface area contributed by atoms with E-state index in [1.165, 1.54) is 30.8 Å². The van der Waals surface area contributed by atoms with Crippen molar-refractivity contribution in [3.63, 3.8) is 0 Å². The van der Waals surface area contributed by atoms with Crippen molar-refractivity contribution >= 4 is 56.2 Å². The molecule has 0 radical (unpaired) electrons. The summed E-state index contributed by atoms with van der Waals surface area (Å²) in [5.74, 6) is 0.0974. The molecule has 0 atom stereocenters. The first-order valence-corrected chi connectivity index (χ1v) is 13.0. The van der Waals surface area contributed by atoms with Gasteiger partial charge in [-0.05, 0) is 37.4 Å². The number of thiazole rings is 1. The van der Waals surface area contributed by atoms with Crippen LogP contribution in [0.2, 0.25) is 5.15 Å². The molecule has 1 N–H and O–H groups in total. The fraction of sp³-hybridized carbons (Fsp3) is 0.125. The molecule has 0 aliphatic carbocycles. The van der Waals surface area contributed by atoms with Crippen LogP contribution in [0.15, 0.2) is 53.9 Å². The highest BCUT2D eigenvalue weighted by atomic mass is 35.5. The maximum atomic E-state index is 13.3. The van der Waals surface area contributed by atoms with Gasteiger partial charge in [0.2, 0.25) is 0 Å². The van der Waals surface area contributed by atoms with E-state index in [1.807, 2.05) is 25.3 Å². The molecule has 0 unspecified atom stereocenters. The molecule has 1 amide bonds. The van der Waals surface area contributed by atoms with Gasteiger partial charge in [-0.2, -0.15) is 4.98 Å². The van der Waals surface area contributed by atoms with Crippen LogP contribution in [0.25, 0.3) is 33.0 Å². The molecule has 0 saturated carbocycles. The molecule has 0 aromatic carbocycles. The third-order valence-corrected chi connectivity index (χ3v) is 6.98. The van der Waals surface area contributed by atoms with Crippen LogP contribution >= 0.6 is 34.7 Å². The van der Waals surface area contributed by atoms with Gasteiger partial charge in [0.25, 0.3) is 5.91 Å². The number of thioether (sulfide) groups is 1. The zero-order valence-electron chi connectivity index (χ0n) is 19.3. The molecule has 5 heterocycles. The van der Waals surface area contributed by atoms with Gasteiger partial charge in [-0.1, -0.05) is 22.9 Å². The van der Waals surface area contributed by atoms with Crippen LogP contribution in [0, 0.1) is 6.92 Å². The predicted molar refractivity (Wildman–Crippen MR) is 142 cm³/mol. The van der Waals surface area contributed by atoms with E-state index in [2.05, 4.69) is 35.2 Å². The smallest absolute Gasteiger partial charge is 0.259 e. The van der Waals surface area contributed by atoms with Crippen LogP contribution in [0.5, 0.6) is 5.75 Å². The van der Waals surface area contributed by atoms with Gasteiger partial charge in [0.15, 0.2) is 15.6 Å². The van der Waals surface area contributed by atoms with Gasteiger partial charge in [0, 0.05) is 34.1 Å². The molecule has 9 nitrogen and oxygen atoms in total. The summed E-state index contributed by atoms with van der Waals surface area (Å²) in [4.78, 5) is 41.2. The summed E-state index contributed by atoms with van der Waals surface area (Å²) in [6.45, 7) is 1.84. The number of hydrogen-bond donors (Lipinski definition) is 1. The maximum absolute atomic E-state index is 13.3. The molecule has 0 saturated heterocycles. The molecule has 0 fully saturated rings. The number of carbonyl (C=O) groups excluding carboxylic acids is 1. The second kappa shape index (κ2) is 10.1. The van der Waals surface area contributed by atoms with E-state index in [4.69, 9.17) is 16.3 Å². The number of halogens is 1. The molecular formula is C24H18ClN7O2S2. The average molecular weight is 536 g/mol. The summed E-state index contributed by atoms with van der Waals surface area (Å²) in [6, 6.07) is 7.33. The number of hydrogen-bond acceptors (Lipinski definition) is 10. The lowest BCUT2D eigenvalue weighted by atomic mass is 10.0. The summed E-state index contributed by atoms with van der Waals surface area (Å²) in [5, 5.41) is 3.49. The highest BCUT2D eigenvalue weighted by Gasteiger charge is 2.20. The number of aryl methyl sites for hydroxylation is 1. The highest BCUT2D eigenvalue weighted by molar-refractivity contribution is 7.98. The highest BCUT2D eigenvalue weighted by Crippen LogP contribution is 2.34. The molecule has 36 heavy (non-hydrogen) atoms. The first-order valence-electron chi connectivity index (χ1n) is 10.6. The quantitative estimate of drug-likeness (QED) is 0.220. The van der Waals surface area contributed by atoms with Crippen molar-refractivity contribution < 1.29 is 9.53 Å². The summed E-state index contributed by atoms with van der Waals surface area (Å²) in [5.41, 5.74) is 4.08. The van der Waals surface area contributed by atoms with Gasteiger partial charge in [0.05, 0.1) is 30.8 Å². The number of rotatable bonds is 6. The standard InChI is InChI=1S/C24H18ClN7O2S2/c1-12-6-14(15-7-20(25)28-11-19(15)34-2)16(9-26-12)22(33)32-24-31-21-23(36-24)30-18(10-29-21)17-5-4-13(35-3)8-27-17/h4-11H,1-3H3,(H,29,31,32,33). The van der Waals surface area contributed by atoms with Gasteiger partial charge in [-0.3, -0.25) is 20.1 Å². The van der Waals surface area contributed by atoms with Gasteiger partial charge < -0.3 is 4.74 Å². The summed E-state index contributed by atoms with van der Waals surface area (Å²) >= 11 is 8.98. The number of methoxy groups -OCH3 is 1. The minimum atomic E-state index is -0.388. The lowest BCUT2D eigenvalue weighted by Crippen LogP contribution is -2.14. The van der Waals surface area contributed by atoms with E-state index in [9.17, 15) is 4.79 Å². The van der Waals surface area contributed by atoms with Crippen LogP contribution < -0.4 is 10.1 Å².